The second-order valence-electron chi connectivity index (χ2n) is 5.30. The maximum absolute atomic E-state index is 13.1. The highest BCUT2D eigenvalue weighted by Crippen LogP contribution is 2.18. The maximum Gasteiger partial charge on any atom is 0.202 e. The molecule has 0 bridgehead atoms. The number of hydrogen-bond donors (Lipinski definition) is 1. The fraction of sp³-hybridized carbons (Fsp3) is 0.250. The summed E-state index contributed by atoms with van der Waals surface area (Å²) in [6, 6.07) is 6.82. The van der Waals surface area contributed by atoms with Crippen molar-refractivity contribution in [3.8, 4) is 0 Å². The highest BCUT2D eigenvalue weighted by atomic mass is 19.1. The molecule has 3 rings (SSSR count). The van der Waals surface area contributed by atoms with Crippen LogP contribution in [0.15, 0.2) is 30.5 Å². The number of fused-ring (bicyclic) bond motifs is 1. The molecular formula is C16H17FN4. The number of aromatic nitrogens is 3. The zero-order valence-corrected chi connectivity index (χ0v) is 12.1. The van der Waals surface area contributed by atoms with Gasteiger partial charge in [-0.15, -0.1) is 0 Å². The Morgan fingerprint density at radius 1 is 1.24 bits per heavy atom. The van der Waals surface area contributed by atoms with E-state index in [1.807, 2.05) is 36.7 Å². The van der Waals surface area contributed by atoms with Crippen molar-refractivity contribution >= 4 is 17.1 Å². The molecule has 108 valence electrons. The summed E-state index contributed by atoms with van der Waals surface area (Å²) in [6.45, 7) is 4.56. The molecule has 0 fully saturated rings. The summed E-state index contributed by atoms with van der Waals surface area (Å²) in [6.07, 6.45) is 2.57. The van der Waals surface area contributed by atoms with Crippen LogP contribution in [0.2, 0.25) is 0 Å². The summed E-state index contributed by atoms with van der Waals surface area (Å²) in [5.41, 5.74) is 10.7. The van der Waals surface area contributed by atoms with Crippen molar-refractivity contribution in [2.45, 2.75) is 26.8 Å². The van der Waals surface area contributed by atoms with Crippen molar-refractivity contribution in [3.05, 3.63) is 53.0 Å². The van der Waals surface area contributed by atoms with Crippen molar-refractivity contribution in [2.75, 3.05) is 5.73 Å². The molecule has 4 nitrogen and oxygen atoms in total. The van der Waals surface area contributed by atoms with E-state index in [9.17, 15) is 4.39 Å². The third-order valence-electron chi connectivity index (χ3n) is 3.66. The molecule has 2 heterocycles. The van der Waals surface area contributed by atoms with Gasteiger partial charge in [0.05, 0.1) is 0 Å². The Bertz CT molecular complexity index is 807. The Balaban J connectivity index is 1.90. The zero-order chi connectivity index (χ0) is 15.0. The normalized spacial score (nSPS) is 11.2. The van der Waals surface area contributed by atoms with Crippen LogP contribution in [0.5, 0.6) is 0 Å². The summed E-state index contributed by atoms with van der Waals surface area (Å²) in [5.74, 6) is 0.254. The Morgan fingerprint density at radius 2 is 2.05 bits per heavy atom. The number of benzene rings is 1. The van der Waals surface area contributed by atoms with Crippen molar-refractivity contribution in [1.29, 1.82) is 0 Å². The van der Waals surface area contributed by atoms with Gasteiger partial charge in [-0.25, -0.2) is 14.4 Å². The molecule has 0 atom stereocenters. The molecule has 0 aliphatic rings. The first kappa shape index (κ1) is 13.5. The summed E-state index contributed by atoms with van der Waals surface area (Å²) >= 11 is 0. The lowest BCUT2D eigenvalue weighted by Gasteiger charge is -2.08. The van der Waals surface area contributed by atoms with Gasteiger partial charge in [-0.05, 0) is 55.2 Å². The van der Waals surface area contributed by atoms with Crippen LogP contribution in [0.4, 0.5) is 10.3 Å². The van der Waals surface area contributed by atoms with Gasteiger partial charge in [0.2, 0.25) is 5.95 Å². The molecule has 0 saturated heterocycles. The molecule has 0 aliphatic heterocycles. The molecular weight excluding hydrogens is 267 g/mol. The lowest BCUT2D eigenvalue weighted by molar-refractivity contribution is 0.624. The van der Waals surface area contributed by atoms with Gasteiger partial charge in [-0.3, -0.25) is 4.57 Å². The van der Waals surface area contributed by atoms with Gasteiger partial charge in [0.1, 0.15) is 11.3 Å². The number of hydrogen-bond acceptors (Lipinski definition) is 3. The molecule has 0 amide bonds. The fourth-order valence-corrected chi connectivity index (χ4v) is 2.52. The number of anilines is 1. The SMILES string of the molecule is Cc1cnc2c(c1)nc(N)n2CCc1ccc(F)cc1C. The molecule has 0 spiro atoms. The lowest BCUT2D eigenvalue weighted by atomic mass is 10.1. The van der Waals surface area contributed by atoms with E-state index >= 15 is 0 Å². The predicted octanol–water partition coefficient (Wildman–Crippen LogP) is 3.01. The highest BCUT2D eigenvalue weighted by Gasteiger charge is 2.10. The number of imidazole rings is 1. The minimum Gasteiger partial charge on any atom is -0.369 e. The van der Waals surface area contributed by atoms with Crippen LogP contribution >= 0.6 is 0 Å². The largest absolute Gasteiger partial charge is 0.369 e. The molecule has 0 saturated carbocycles. The number of pyridine rings is 1. The molecule has 0 unspecified atom stereocenters. The van der Waals surface area contributed by atoms with Crippen molar-refractivity contribution in [2.24, 2.45) is 0 Å². The van der Waals surface area contributed by atoms with Crippen LogP contribution < -0.4 is 5.73 Å². The van der Waals surface area contributed by atoms with Gasteiger partial charge in [-0.1, -0.05) is 6.07 Å². The van der Waals surface area contributed by atoms with Gasteiger partial charge in [0, 0.05) is 12.7 Å². The summed E-state index contributed by atoms with van der Waals surface area (Å²) < 4.78 is 15.0. The Kier molecular flexibility index (Phi) is 3.33. The number of aryl methyl sites for hydroxylation is 4. The van der Waals surface area contributed by atoms with E-state index in [-0.39, 0.29) is 5.82 Å². The lowest BCUT2D eigenvalue weighted by Crippen LogP contribution is -2.07. The van der Waals surface area contributed by atoms with Crippen LogP contribution in [-0.2, 0) is 13.0 Å². The summed E-state index contributed by atoms with van der Waals surface area (Å²) in [5, 5.41) is 0. The standard InChI is InChI=1S/C16H17FN4/c1-10-7-14-15(19-9-10)21(16(18)20-14)6-5-12-3-4-13(17)8-11(12)2/h3-4,7-9H,5-6H2,1-2H3,(H2,18,20). The van der Waals surface area contributed by atoms with E-state index in [0.717, 1.165) is 34.3 Å². The molecule has 21 heavy (non-hydrogen) atoms. The van der Waals surface area contributed by atoms with E-state index in [4.69, 9.17) is 5.73 Å². The van der Waals surface area contributed by atoms with E-state index in [1.54, 1.807) is 6.07 Å². The average Bonchev–Trinajstić information content (AvgIpc) is 2.72. The molecule has 5 heteroatoms. The Morgan fingerprint density at radius 3 is 2.81 bits per heavy atom. The predicted molar refractivity (Wildman–Crippen MR) is 81.5 cm³/mol. The molecule has 2 N–H and O–H groups in total. The van der Waals surface area contributed by atoms with Gasteiger partial charge in [0.15, 0.2) is 5.65 Å². The Hall–Kier alpha value is -2.43. The third-order valence-corrected chi connectivity index (χ3v) is 3.66. The second kappa shape index (κ2) is 5.16. The van der Waals surface area contributed by atoms with Gasteiger partial charge >= 0.3 is 0 Å². The molecule has 3 aromatic rings. The topological polar surface area (TPSA) is 56.7 Å². The molecule has 0 aliphatic carbocycles. The van der Waals surface area contributed by atoms with E-state index in [2.05, 4.69) is 9.97 Å². The van der Waals surface area contributed by atoms with Crippen molar-refractivity contribution in [1.82, 2.24) is 14.5 Å². The third kappa shape index (κ3) is 2.59. The van der Waals surface area contributed by atoms with Crippen LogP contribution in [0, 0.1) is 19.7 Å². The van der Waals surface area contributed by atoms with Crippen LogP contribution in [-0.4, -0.2) is 14.5 Å². The summed E-state index contributed by atoms with van der Waals surface area (Å²) in [7, 11) is 0. The Labute approximate surface area is 122 Å². The first-order valence-electron chi connectivity index (χ1n) is 6.88. The van der Waals surface area contributed by atoms with Gasteiger partial charge < -0.3 is 5.73 Å². The van der Waals surface area contributed by atoms with E-state index in [1.165, 1.54) is 6.07 Å². The smallest absolute Gasteiger partial charge is 0.202 e. The number of nitrogen functional groups attached to an aromatic ring is 1. The minimum absolute atomic E-state index is 0.207. The van der Waals surface area contributed by atoms with Gasteiger partial charge in [0.25, 0.3) is 0 Å². The number of halogens is 1. The van der Waals surface area contributed by atoms with Crippen LogP contribution in [0.1, 0.15) is 16.7 Å². The van der Waals surface area contributed by atoms with Gasteiger partial charge in [-0.2, -0.15) is 0 Å². The van der Waals surface area contributed by atoms with Crippen molar-refractivity contribution in [3.63, 3.8) is 0 Å². The number of nitrogens with two attached hydrogens (primary N) is 1. The zero-order valence-electron chi connectivity index (χ0n) is 12.1. The first-order chi connectivity index (χ1) is 10.0. The van der Waals surface area contributed by atoms with E-state index < -0.39 is 0 Å². The molecule has 2 aromatic heterocycles. The molecule has 1 aromatic carbocycles. The highest BCUT2D eigenvalue weighted by molar-refractivity contribution is 5.74. The maximum atomic E-state index is 13.1. The fourth-order valence-electron chi connectivity index (χ4n) is 2.52. The quantitative estimate of drug-likeness (QED) is 0.804. The average molecular weight is 284 g/mol. The first-order valence-corrected chi connectivity index (χ1v) is 6.88. The van der Waals surface area contributed by atoms with Crippen LogP contribution in [0.3, 0.4) is 0 Å². The monoisotopic (exact) mass is 284 g/mol. The number of rotatable bonds is 3. The van der Waals surface area contributed by atoms with Crippen LogP contribution in [0.25, 0.3) is 11.2 Å². The van der Waals surface area contributed by atoms with Crippen molar-refractivity contribution < 1.29 is 4.39 Å². The number of nitrogens with zero attached hydrogens (tertiary/aromatic N) is 3. The summed E-state index contributed by atoms with van der Waals surface area (Å²) in [4.78, 5) is 8.75. The molecule has 0 radical (unpaired) electrons. The minimum atomic E-state index is -0.207. The van der Waals surface area contributed by atoms with E-state index in [0.29, 0.717) is 12.5 Å². The second-order valence-corrected chi connectivity index (χ2v) is 5.30.